The van der Waals surface area contributed by atoms with Crippen LogP contribution in [-0.4, -0.2) is 38.6 Å². The number of aromatic nitrogens is 1. The van der Waals surface area contributed by atoms with Crippen molar-refractivity contribution in [1.82, 2.24) is 10.3 Å². The highest BCUT2D eigenvalue weighted by Gasteiger charge is 2.48. The molecule has 1 aliphatic rings. The fraction of sp³-hybridized carbons (Fsp3) is 0.615. The van der Waals surface area contributed by atoms with E-state index >= 15 is 4.39 Å². The zero-order chi connectivity index (χ0) is 14.8. The molecule has 20 heavy (non-hydrogen) atoms. The van der Waals surface area contributed by atoms with Crippen LogP contribution in [0.4, 0.5) is 4.39 Å². The van der Waals surface area contributed by atoms with E-state index in [1.807, 2.05) is 0 Å². The van der Waals surface area contributed by atoms with Crippen LogP contribution in [0.3, 0.4) is 0 Å². The number of rotatable bonds is 4. The van der Waals surface area contributed by atoms with Gasteiger partial charge in [-0.1, -0.05) is 0 Å². The lowest BCUT2D eigenvalue weighted by Crippen LogP contribution is -2.44. The van der Waals surface area contributed by atoms with Gasteiger partial charge in [0.2, 0.25) is 20.7 Å². The van der Waals surface area contributed by atoms with E-state index in [1.165, 1.54) is 25.4 Å². The first-order valence-electron chi connectivity index (χ1n) is 6.54. The van der Waals surface area contributed by atoms with Crippen LogP contribution in [0.1, 0.15) is 19.8 Å². The van der Waals surface area contributed by atoms with E-state index in [0.29, 0.717) is 25.9 Å². The van der Waals surface area contributed by atoms with Gasteiger partial charge in [0.05, 0.1) is 7.11 Å². The smallest absolute Gasteiger partial charge is 0.232 e. The maximum atomic E-state index is 15.1. The quantitative estimate of drug-likeness (QED) is 0.914. The van der Waals surface area contributed by atoms with Crippen molar-refractivity contribution in [1.29, 1.82) is 0 Å². The minimum absolute atomic E-state index is 0.0645. The third kappa shape index (κ3) is 2.52. The molecule has 0 aliphatic carbocycles. The van der Waals surface area contributed by atoms with Crippen molar-refractivity contribution in [2.45, 2.75) is 29.7 Å². The summed E-state index contributed by atoms with van der Waals surface area (Å²) in [6.07, 6.45) is 2.40. The van der Waals surface area contributed by atoms with Gasteiger partial charge in [-0.3, -0.25) is 0 Å². The maximum absolute atomic E-state index is 15.1. The Morgan fingerprint density at radius 1 is 1.45 bits per heavy atom. The van der Waals surface area contributed by atoms with Crippen LogP contribution in [-0.2, 0) is 9.84 Å². The van der Waals surface area contributed by atoms with Gasteiger partial charge in [-0.15, -0.1) is 0 Å². The molecule has 2 heterocycles. The van der Waals surface area contributed by atoms with Gasteiger partial charge in [-0.05, 0) is 45.0 Å². The summed E-state index contributed by atoms with van der Waals surface area (Å²) in [4.78, 5) is 3.65. The Kier molecular flexibility index (Phi) is 4.29. The molecule has 1 aromatic rings. The lowest BCUT2D eigenvalue weighted by molar-refractivity contribution is 0.159. The highest BCUT2D eigenvalue weighted by Crippen LogP contribution is 2.40. The molecule has 1 aromatic heterocycles. The standard InChI is InChI=1S/C13H19FN2O3S/c1-13(14,10-5-8-15-9-6-10)20(17,18)11-4-3-7-16-12(11)19-2/h3-4,7,10,15H,5-6,8-9H2,1-2H3. The molecule has 0 spiro atoms. The molecule has 1 atom stereocenters. The molecule has 0 amide bonds. The zero-order valence-corrected chi connectivity index (χ0v) is 12.4. The van der Waals surface area contributed by atoms with Crippen LogP contribution in [0.25, 0.3) is 0 Å². The number of pyridine rings is 1. The second-order valence-corrected chi connectivity index (χ2v) is 7.27. The van der Waals surface area contributed by atoms with E-state index in [4.69, 9.17) is 4.74 Å². The van der Waals surface area contributed by atoms with E-state index in [-0.39, 0.29) is 10.8 Å². The average molecular weight is 302 g/mol. The van der Waals surface area contributed by atoms with Gasteiger partial charge >= 0.3 is 0 Å². The fourth-order valence-corrected chi connectivity index (χ4v) is 4.23. The van der Waals surface area contributed by atoms with E-state index in [1.54, 1.807) is 0 Å². The Balaban J connectivity index is 2.42. The number of halogens is 1. The predicted molar refractivity (Wildman–Crippen MR) is 73.1 cm³/mol. The molecule has 0 saturated carbocycles. The molecular weight excluding hydrogens is 283 g/mol. The van der Waals surface area contributed by atoms with Gasteiger partial charge in [0, 0.05) is 12.1 Å². The van der Waals surface area contributed by atoms with Crippen LogP contribution in [0.2, 0.25) is 0 Å². The summed E-state index contributed by atoms with van der Waals surface area (Å²) >= 11 is 0. The Hall–Kier alpha value is -1.21. The number of sulfone groups is 1. The number of nitrogens with zero attached hydrogens (tertiary/aromatic N) is 1. The summed E-state index contributed by atoms with van der Waals surface area (Å²) in [5.41, 5.74) is 0. The average Bonchev–Trinajstić information content (AvgIpc) is 2.47. The monoisotopic (exact) mass is 302 g/mol. The number of methoxy groups -OCH3 is 1. The lowest BCUT2D eigenvalue weighted by atomic mass is 9.93. The maximum Gasteiger partial charge on any atom is 0.232 e. The Morgan fingerprint density at radius 2 is 2.10 bits per heavy atom. The van der Waals surface area contributed by atoms with E-state index in [9.17, 15) is 8.42 Å². The molecule has 1 unspecified atom stereocenters. The summed E-state index contributed by atoms with van der Waals surface area (Å²) in [6.45, 7) is 2.40. The van der Waals surface area contributed by atoms with Gasteiger partial charge in [-0.2, -0.15) is 0 Å². The number of ether oxygens (including phenoxy) is 1. The summed E-state index contributed by atoms with van der Waals surface area (Å²) in [7, 11) is -2.84. The van der Waals surface area contributed by atoms with Crippen LogP contribution in [0.15, 0.2) is 23.2 Å². The normalized spacial score (nSPS) is 20.4. The molecule has 0 aromatic carbocycles. The van der Waals surface area contributed by atoms with Gasteiger partial charge in [0.1, 0.15) is 4.90 Å². The molecule has 1 saturated heterocycles. The molecule has 1 N–H and O–H groups in total. The summed E-state index contributed by atoms with van der Waals surface area (Å²) < 4.78 is 45.2. The first-order valence-corrected chi connectivity index (χ1v) is 8.03. The van der Waals surface area contributed by atoms with Gasteiger partial charge in [-0.25, -0.2) is 17.8 Å². The van der Waals surface area contributed by atoms with Crippen LogP contribution >= 0.6 is 0 Å². The molecule has 7 heteroatoms. The van der Waals surface area contributed by atoms with Crippen molar-refractivity contribution in [3.05, 3.63) is 18.3 Å². The number of hydrogen-bond donors (Lipinski definition) is 1. The minimum atomic E-state index is -4.16. The summed E-state index contributed by atoms with van der Waals surface area (Å²) in [5.74, 6) is -0.594. The second kappa shape index (κ2) is 5.65. The van der Waals surface area contributed by atoms with Crippen LogP contribution in [0, 0.1) is 5.92 Å². The molecule has 0 radical (unpaired) electrons. The van der Waals surface area contributed by atoms with Crippen LogP contribution < -0.4 is 10.1 Å². The van der Waals surface area contributed by atoms with Crippen molar-refractivity contribution in [2.75, 3.05) is 20.2 Å². The molecule has 1 aliphatic heterocycles. The molecule has 0 bridgehead atoms. The van der Waals surface area contributed by atoms with Crippen molar-refractivity contribution in [3.8, 4) is 5.88 Å². The fourth-order valence-electron chi connectivity index (χ4n) is 2.51. The third-order valence-electron chi connectivity index (χ3n) is 3.81. The number of hydrogen-bond acceptors (Lipinski definition) is 5. The molecule has 1 fully saturated rings. The highest BCUT2D eigenvalue weighted by atomic mass is 32.2. The van der Waals surface area contributed by atoms with Gasteiger partial charge < -0.3 is 10.1 Å². The second-order valence-electron chi connectivity index (χ2n) is 5.02. The van der Waals surface area contributed by atoms with Crippen LogP contribution in [0.5, 0.6) is 5.88 Å². The summed E-state index contributed by atoms with van der Waals surface area (Å²) in [5, 5.41) is 0.774. The predicted octanol–water partition coefficient (Wildman–Crippen LogP) is 1.55. The topological polar surface area (TPSA) is 68.3 Å². The number of alkyl halides is 1. The molecule has 5 nitrogen and oxygen atoms in total. The van der Waals surface area contributed by atoms with Crippen molar-refractivity contribution in [2.24, 2.45) is 5.92 Å². The van der Waals surface area contributed by atoms with Crippen molar-refractivity contribution in [3.63, 3.8) is 0 Å². The molecule has 112 valence electrons. The number of nitrogens with one attached hydrogen (secondary N) is 1. The largest absolute Gasteiger partial charge is 0.480 e. The van der Waals surface area contributed by atoms with Gasteiger partial charge in [0.15, 0.2) is 0 Å². The zero-order valence-electron chi connectivity index (χ0n) is 11.6. The number of piperidine rings is 1. The summed E-state index contributed by atoms with van der Waals surface area (Å²) in [6, 6.07) is 2.80. The third-order valence-corrected chi connectivity index (χ3v) is 6.09. The van der Waals surface area contributed by atoms with E-state index < -0.39 is 20.8 Å². The van der Waals surface area contributed by atoms with Crippen molar-refractivity contribution < 1.29 is 17.5 Å². The highest BCUT2D eigenvalue weighted by molar-refractivity contribution is 7.92. The Labute approximate surface area is 118 Å². The van der Waals surface area contributed by atoms with Crippen molar-refractivity contribution >= 4 is 9.84 Å². The molecular formula is C13H19FN2O3S. The Morgan fingerprint density at radius 3 is 2.70 bits per heavy atom. The minimum Gasteiger partial charge on any atom is -0.480 e. The lowest BCUT2D eigenvalue weighted by Gasteiger charge is -2.33. The Bertz CT molecular complexity index is 569. The molecule has 2 rings (SSSR count). The van der Waals surface area contributed by atoms with E-state index in [2.05, 4.69) is 10.3 Å². The SMILES string of the molecule is COc1ncccc1S(=O)(=O)C(C)(F)C1CCNCC1. The first kappa shape index (κ1) is 15.2. The van der Waals surface area contributed by atoms with Gasteiger partial charge in [0.25, 0.3) is 0 Å². The van der Waals surface area contributed by atoms with E-state index in [0.717, 1.165) is 6.92 Å². The first-order chi connectivity index (χ1) is 9.41.